The Kier molecular flexibility index (Phi) is 8.40. The van der Waals surface area contributed by atoms with E-state index in [4.69, 9.17) is 19.3 Å². The second-order valence-electron chi connectivity index (χ2n) is 8.67. The number of hydrogen-bond donors (Lipinski definition) is 2. The van der Waals surface area contributed by atoms with E-state index in [1.807, 2.05) is 31.2 Å². The van der Waals surface area contributed by atoms with E-state index in [1.54, 1.807) is 13.0 Å². The van der Waals surface area contributed by atoms with Gasteiger partial charge in [-0.1, -0.05) is 37.3 Å². The van der Waals surface area contributed by atoms with Crippen molar-refractivity contribution < 1.29 is 34.0 Å². The van der Waals surface area contributed by atoms with E-state index in [9.17, 15) is 14.7 Å². The van der Waals surface area contributed by atoms with Gasteiger partial charge in [0.05, 0.1) is 13.2 Å². The number of para-hydroxylation sites is 1. The number of fused-ring (bicyclic) bond motifs is 3. The lowest BCUT2D eigenvalue weighted by Crippen LogP contribution is -2.24. The molecule has 3 rings (SSSR count). The largest absolute Gasteiger partial charge is 0.508 e. The molecule has 33 heavy (non-hydrogen) atoms. The smallest absolute Gasteiger partial charge is 0.489 e. The monoisotopic (exact) mass is 456 g/mol. The van der Waals surface area contributed by atoms with Crippen LogP contribution >= 0.6 is 0 Å². The summed E-state index contributed by atoms with van der Waals surface area (Å²) in [6.45, 7) is 3.71. The maximum absolute atomic E-state index is 11.8. The standard InChI is InChI=1S/C26H32O7/c1-4-5-8-16(2)20(27)14-13-18-21(33-26(30)31-3)15-22-24(18)19-11-6-9-17(25(19)32-22)10-7-12-23(28)29/h6,9,11,13-14,16,18,20-22,24,27H,7-8,10,12,15H2,1-3H3,(H,28,29)/b14-13+/t16-,18-,20+,21+,22-,24-/m0/s1. The van der Waals surface area contributed by atoms with Gasteiger partial charge in [0.1, 0.15) is 18.0 Å². The molecule has 6 atom stereocenters. The molecule has 1 aliphatic carbocycles. The SMILES string of the molecule is CC#CC[C@H](C)[C@H](O)/C=C/[C@@H]1[C@H]2c3cccc(CCCC(=O)O)c3O[C@H]2C[C@H]1OC(=O)OC. The predicted octanol–water partition coefficient (Wildman–Crippen LogP) is 4.08. The molecule has 0 aromatic heterocycles. The number of carboxylic acids is 1. The molecule has 0 bridgehead atoms. The Morgan fingerprint density at radius 1 is 1.36 bits per heavy atom. The van der Waals surface area contributed by atoms with Crippen LogP contribution in [0.5, 0.6) is 5.75 Å². The van der Waals surface area contributed by atoms with Gasteiger partial charge < -0.3 is 24.4 Å². The molecule has 1 aromatic rings. The van der Waals surface area contributed by atoms with Gasteiger partial charge in [-0.25, -0.2) is 4.79 Å². The van der Waals surface area contributed by atoms with Gasteiger partial charge in [-0.05, 0) is 31.2 Å². The van der Waals surface area contributed by atoms with Crippen molar-refractivity contribution in [3.63, 3.8) is 0 Å². The third-order valence-electron chi connectivity index (χ3n) is 6.43. The quantitative estimate of drug-likeness (QED) is 0.328. The van der Waals surface area contributed by atoms with Crippen LogP contribution in [0.2, 0.25) is 0 Å². The third kappa shape index (κ3) is 5.88. The second-order valence-corrected chi connectivity index (χ2v) is 8.67. The van der Waals surface area contributed by atoms with Crippen LogP contribution in [0.3, 0.4) is 0 Å². The second kappa shape index (κ2) is 11.2. The van der Waals surface area contributed by atoms with Gasteiger partial charge in [0.25, 0.3) is 0 Å². The molecule has 1 aliphatic heterocycles. The Balaban J connectivity index is 1.84. The molecular formula is C26H32O7. The minimum absolute atomic E-state index is 0.0289. The van der Waals surface area contributed by atoms with E-state index in [0.29, 0.717) is 25.7 Å². The van der Waals surface area contributed by atoms with Crippen LogP contribution < -0.4 is 4.74 Å². The van der Waals surface area contributed by atoms with Gasteiger partial charge in [-0.2, -0.15) is 0 Å². The zero-order chi connectivity index (χ0) is 24.0. The van der Waals surface area contributed by atoms with Crippen LogP contribution in [0.4, 0.5) is 4.79 Å². The Morgan fingerprint density at radius 3 is 2.85 bits per heavy atom. The van der Waals surface area contributed by atoms with E-state index in [-0.39, 0.29) is 30.3 Å². The number of hydrogen-bond acceptors (Lipinski definition) is 6. The highest BCUT2D eigenvalue weighted by Gasteiger charge is 2.51. The lowest BCUT2D eigenvalue weighted by Gasteiger charge is -2.22. The van der Waals surface area contributed by atoms with E-state index in [2.05, 4.69) is 11.8 Å². The zero-order valence-corrected chi connectivity index (χ0v) is 19.3. The van der Waals surface area contributed by atoms with E-state index >= 15 is 0 Å². The maximum Gasteiger partial charge on any atom is 0.508 e. The first-order valence-electron chi connectivity index (χ1n) is 11.4. The van der Waals surface area contributed by atoms with E-state index < -0.39 is 24.3 Å². The summed E-state index contributed by atoms with van der Waals surface area (Å²) in [5.41, 5.74) is 2.01. The summed E-state index contributed by atoms with van der Waals surface area (Å²) in [4.78, 5) is 22.7. The number of methoxy groups -OCH3 is 1. The number of aliphatic hydroxyl groups excluding tert-OH is 1. The fourth-order valence-corrected chi connectivity index (χ4v) is 4.69. The highest BCUT2D eigenvalue weighted by Crippen LogP contribution is 2.52. The summed E-state index contributed by atoms with van der Waals surface area (Å²) in [5.74, 6) is 5.57. The van der Waals surface area contributed by atoms with Crippen molar-refractivity contribution in [2.75, 3.05) is 7.11 Å². The van der Waals surface area contributed by atoms with Crippen molar-refractivity contribution in [3.8, 4) is 17.6 Å². The van der Waals surface area contributed by atoms with Gasteiger partial charge in [0.2, 0.25) is 0 Å². The zero-order valence-electron chi connectivity index (χ0n) is 19.3. The number of ether oxygens (including phenoxy) is 3. The van der Waals surface area contributed by atoms with Crippen LogP contribution in [0.1, 0.15) is 56.6 Å². The molecule has 1 heterocycles. The minimum Gasteiger partial charge on any atom is -0.489 e. The number of carbonyl (C=O) groups excluding carboxylic acids is 1. The van der Waals surface area contributed by atoms with Crippen molar-refractivity contribution in [1.29, 1.82) is 0 Å². The first kappa shape index (κ1) is 24.7. The summed E-state index contributed by atoms with van der Waals surface area (Å²) < 4.78 is 16.6. The van der Waals surface area contributed by atoms with Crippen molar-refractivity contribution in [1.82, 2.24) is 0 Å². The number of aliphatic carboxylic acids is 1. The normalized spacial score (nSPS) is 24.7. The van der Waals surface area contributed by atoms with Crippen LogP contribution in [-0.4, -0.2) is 47.8 Å². The van der Waals surface area contributed by atoms with Gasteiger partial charge >= 0.3 is 12.1 Å². The van der Waals surface area contributed by atoms with Crippen molar-refractivity contribution in [2.24, 2.45) is 11.8 Å². The molecule has 1 fully saturated rings. The average molecular weight is 457 g/mol. The highest BCUT2D eigenvalue weighted by atomic mass is 16.7. The molecule has 0 radical (unpaired) electrons. The summed E-state index contributed by atoms with van der Waals surface area (Å²) in [5, 5.41) is 19.5. The molecule has 0 amide bonds. The van der Waals surface area contributed by atoms with Crippen LogP contribution in [0.25, 0.3) is 0 Å². The molecule has 0 spiro atoms. The van der Waals surface area contributed by atoms with Crippen molar-refractivity contribution in [3.05, 3.63) is 41.5 Å². The molecule has 7 nitrogen and oxygen atoms in total. The Bertz CT molecular complexity index is 942. The summed E-state index contributed by atoms with van der Waals surface area (Å²) in [6.07, 6.45) is 4.01. The van der Waals surface area contributed by atoms with Gasteiger partial charge in [-0.3, -0.25) is 4.79 Å². The van der Waals surface area contributed by atoms with Crippen LogP contribution in [0, 0.1) is 23.7 Å². The van der Waals surface area contributed by atoms with E-state index in [0.717, 1.165) is 16.9 Å². The molecule has 178 valence electrons. The van der Waals surface area contributed by atoms with Crippen molar-refractivity contribution in [2.45, 2.75) is 70.2 Å². The molecule has 7 heteroatoms. The van der Waals surface area contributed by atoms with Crippen molar-refractivity contribution >= 4 is 12.1 Å². The number of aliphatic hydroxyl groups is 1. The Hall–Kier alpha value is -2.98. The lowest BCUT2D eigenvalue weighted by atomic mass is 9.86. The Morgan fingerprint density at radius 2 is 2.15 bits per heavy atom. The number of carbonyl (C=O) groups is 2. The highest BCUT2D eigenvalue weighted by molar-refractivity contribution is 5.66. The molecular weight excluding hydrogens is 424 g/mol. The number of rotatable bonds is 9. The first-order valence-corrected chi connectivity index (χ1v) is 11.4. The first-order chi connectivity index (χ1) is 15.8. The topological polar surface area (TPSA) is 102 Å². The summed E-state index contributed by atoms with van der Waals surface area (Å²) >= 11 is 0. The molecule has 0 unspecified atom stereocenters. The molecule has 0 saturated heterocycles. The number of aryl methyl sites for hydroxylation is 1. The molecule has 1 saturated carbocycles. The van der Waals surface area contributed by atoms with Crippen LogP contribution in [0.15, 0.2) is 30.4 Å². The fraction of sp³-hybridized carbons (Fsp3) is 0.538. The number of carboxylic acid groups (broad SMARTS) is 1. The number of benzene rings is 1. The maximum atomic E-state index is 11.8. The fourth-order valence-electron chi connectivity index (χ4n) is 4.69. The molecule has 1 aromatic carbocycles. The molecule has 2 N–H and O–H groups in total. The van der Waals surface area contributed by atoms with Crippen LogP contribution in [-0.2, 0) is 20.7 Å². The van der Waals surface area contributed by atoms with Gasteiger partial charge in [0, 0.05) is 36.7 Å². The summed E-state index contributed by atoms with van der Waals surface area (Å²) in [7, 11) is 1.28. The Labute approximate surface area is 194 Å². The third-order valence-corrected chi connectivity index (χ3v) is 6.43. The lowest BCUT2D eigenvalue weighted by molar-refractivity contribution is -0.137. The average Bonchev–Trinajstić information content (AvgIpc) is 3.31. The minimum atomic E-state index is -0.814. The van der Waals surface area contributed by atoms with Gasteiger partial charge in [-0.15, -0.1) is 11.8 Å². The van der Waals surface area contributed by atoms with E-state index in [1.165, 1.54) is 7.11 Å². The molecule has 2 aliphatic rings. The predicted molar refractivity (Wildman–Crippen MR) is 122 cm³/mol. The summed E-state index contributed by atoms with van der Waals surface area (Å²) in [6, 6.07) is 5.93. The van der Waals surface area contributed by atoms with Gasteiger partial charge in [0.15, 0.2) is 0 Å².